The number of nitrogens with one attached hydrogen (secondary N) is 3. The lowest BCUT2D eigenvalue weighted by molar-refractivity contribution is -0.115. The topological polar surface area (TPSA) is 82.7 Å². The van der Waals surface area contributed by atoms with Crippen LogP contribution in [0.15, 0.2) is 60.9 Å². The number of anilines is 1. The van der Waals surface area contributed by atoms with Crippen LogP contribution in [0.3, 0.4) is 0 Å². The van der Waals surface area contributed by atoms with Gasteiger partial charge in [0.05, 0.1) is 12.6 Å². The molecule has 122 valence electrons. The number of halogens is 1. The maximum absolute atomic E-state index is 13.2. The zero-order chi connectivity index (χ0) is 16.8. The highest BCUT2D eigenvalue weighted by Gasteiger charge is 2.17. The van der Waals surface area contributed by atoms with Gasteiger partial charge in [-0.25, -0.2) is 9.37 Å². The molecule has 7 heteroatoms. The Morgan fingerprint density at radius 1 is 1.17 bits per heavy atom. The zero-order valence-corrected chi connectivity index (χ0v) is 12.7. The van der Waals surface area contributed by atoms with E-state index >= 15 is 0 Å². The molecule has 0 unspecified atom stereocenters. The van der Waals surface area contributed by atoms with Crippen LogP contribution < -0.4 is 10.6 Å². The number of carbonyl (C=O) groups excluding carboxylic acids is 1. The number of aromatic nitrogens is 3. The molecule has 0 aliphatic rings. The number of hydrogen-bond donors (Lipinski definition) is 3. The summed E-state index contributed by atoms with van der Waals surface area (Å²) >= 11 is 0. The monoisotopic (exact) mass is 325 g/mol. The Hall–Kier alpha value is -3.06. The van der Waals surface area contributed by atoms with E-state index in [2.05, 4.69) is 25.8 Å². The summed E-state index contributed by atoms with van der Waals surface area (Å²) in [7, 11) is 0. The summed E-state index contributed by atoms with van der Waals surface area (Å²) < 4.78 is 13.2. The Morgan fingerprint density at radius 3 is 2.71 bits per heavy atom. The Labute approximate surface area is 138 Å². The number of nitrogens with zero attached hydrogens (tertiary/aromatic N) is 2. The Balaban J connectivity index is 1.67. The molecule has 0 radical (unpaired) electrons. The molecule has 3 aromatic rings. The fourth-order valence-electron chi connectivity index (χ4n) is 2.34. The lowest BCUT2D eigenvalue weighted by atomic mass is 10.1. The third kappa shape index (κ3) is 4.02. The smallest absolute Gasteiger partial charge is 0.238 e. The second-order valence-corrected chi connectivity index (χ2v) is 5.15. The van der Waals surface area contributed by atoms with Gasteiger partial charge in [-0.15, -0.1) is 0 Å². The molecular formula is C17H16FN5O. The van der Waals surface area contributed by atoms with Gasteiger partial charge in [-0.05, 0) is 23.8 Å². The van der Waals surface area contributed by atoms with E-state index < -0.39 is 5.82 Å². The van der Waals surface area contributed by atoms with Gasteiger partial charge in [0.1, 0.15) is 18.0 Å². The molecule has 1 amide bonds. The van der Waals surface area contributed by atoms with Crippen LogP contribution in [-0.2, 0) is 4.79 Å². The average molecular weight is 325 g/mol. The van der Waals surface area contributed by atoms with E-state index in [0.29, 0.717) is 11.5 Å². The first kappa shape index (κ1) is 15.8. The number of rotatable bonds is 6. The van der Waals surface area contributed by atoms with Crippen molar-refractivity contribution < 1.29 is 9.18 Å². The van der Waals surface area contributed by atoms with E-state index in [1.807, 2.05) is 30.3 Å². The van der Waals surface area contributed by atoms with E-state index in [1.165, 1.54) is 18.5 Å². The zero-order valence-electron chi connectivity index (χ0n) is 12.7. The van der Waals surface area contributed by atoms with Crippen molar-refractivity contribution in [2.45, 2.75) is 6.04 Å². The van der Waals surface area contributed by atoms with Crippen molar-refractivity contribution in [2.24, 2.45) is 0 Å². The molecule has 2 aromatic carbocycles. The molecule has 1 heterocycles. The van der Waals surface area contributed by atoms with E-state index in [-0.39, 0.29) is 18.5 Å². The molecule has 0 spiro atoms. The predicted molar refractivity (Wildman–Crippen MR) is 87.7 cm³/mol. The largest absolute Gasteiger partial charge is 0.325 e. The number of amides is 1. The molecule has 0 saturated heterocycles. The average Bonchev–Trinajstić information content (AvgIpc) is 3.10. The van der Waals surface area contributed by atoms with Crippen molar-refractivity contribution in [2.75, 3.05) is 11.9 Å². The summed E-state index contributed by atoms with van der Waals surface area (Å²) in [6.07, 6.45) is 1.42. The number of aromatic amines is 1. The maximum atomic E-state index is 13.2. The molecule has 1 aromatic heterocycles. The lowest BCUT2D eigenvalue weighted by Gasteiger charge is -2.16. The van der Waals surface area contributed by atoms with Gasteiger partial charge in [-0.2, -0.15) is 5.10 Å². The Kier molecular flexibility index (Phi) is 4.93. The van der Waals surface area contributed by atoms with Gasteiger partial charge in [-0.1, -0.05) is 36.4 Å². The van der Waals surface area contributed by atoms with E-state index in [1.54, 1.807) is 12.1 Å². The second-order valence-electron chi connectivity index (χ2n) is 5.15. The van der Waals surface area contributed by atoms with Crippen molar-refractivity contribution >= 4 is 11.6 Å². The highest BCUT2D eigenvalue weighted by molar-refractivity contribution is 5.92. The highest BCUT2D eigenvalue weighted by Crippen LogP contribution is 2.17. The molecule has 0 aliphatic heterocycles. The van der Waals surface area contributed by atoms with Crippen LogP contribution in [0.25, 0.3) is 0 Å². The molecule has 3 N–H and O–H groups in total. The van der Waals surface area contributed by atoms with E-state index in [9.17, 15) is 9.18 Å². The van der Waals surface area contributed by atoms with Gasteiger partial charge < -0.3 is 5.32 Å². The first-order valence-electron chi connectivity index (χ1n) is 7.41. The third-order valence-corrected chi connectivity index (χ3v) is 3.42. The minimum atomic E-state index is -0.399. The first-order chi connectivity index (χ1) is 11.7. The summed E-state index contributed by atoms with van der Waals surface area (Å²) in [5.41, 5.74) is 1.37. The Morgan fingerprint density at radius 2 is 2.00 bits per heavy atom. The van der Waals surface area contributed by atoms with Gasteiger partial charge in [0.25, 0.3) is 0 Å². The fourth-order valence-corrected chi connectivity index (χ4v) is 2.34. The number of H-pyrrole nitrogens is 1. The molecule has 0 aliphatic carbocycles. The lowest BCUT2D eigenvalue weighted by Crippen LogP contribution is -2.32. The van der Waals surface area contributed by atoms with Crippen molar-refractivity contribution in [3.05, 3.63) is 78.1 Å². The van der Waals surface area contributed by atoms with Gasteiger partial charge in [-0.3, -0.25) is 15.2 Å². The van der Waals surface area contributed by atoms with Gasteiger partial charge in [0.15, 0.2) is 0 Å². The summed E-state index contributed by atoms with van der Waals surface area (Å²) in [4.78, 5) is 16.2. The van der Waals surface area contributed by atoms with Crippen LogP contribution in [0.4, 0.5) is 10.1 Å². The number of hydrogen-bond acceptors (Lipinski definition) is 4. The van der Waals surface area contributed by atoms with Crippen LogP contribution in [0.1, 0.15) is 17.4 Å². The van der Waals surface area contributed by atoms with Gasteiger partial charge in [0.2, 0.25) is 5.91 Å². The minimum absolute atomic E-state index is 0.0385. The van der Waals surface area contributed by atoms with E-state index in [0.717, 1.165) is 5.56 Å². The molecule has 24 heavy (non-hydrogen) atoms. The predicted octanol–water partition coefficient (Wildman–Crippen LogP) is 2.26. The molecular weight excluding hydrogens is 309 g/mol. The number of carbonyl (C=O) groups is 1. The van der Waals surface area contributed by atoms with Crippen LogP contribution in [0, 0.1) is 5.82 Å². The van der Waals surface area contributed by atoms with Crippen LogP contribution in [-0.4, -0.2) is 27.6 Å². The minimum Gasteiger partial charge on any atom is -0.325 e. The molecule has 3 rings (SSSR count). The standard InChI is InChI=1S/C17H16FN5O/c18-13-7-4-8-14(9-13)22-15(24)10-19-16(17-20-11-21-23-17)12-5-2-1-3-6-12/h1-9,11,16,19H,10H2,(H,22,24)(H,20,21,23)/t16-/m1/s1. The SMILES string of the molecule is O=C(CN[C@H](c1ccccc1)c1ncn[nH]1)Nc1cccc(F)c1. The summed E-state index contributed by atoms with van der Waals surface area (Å²) in [6.45, 7) is 0.0385. The van der Waals surface area contributed by atoms with Crippen LogP contribution >= 0.6 is 0 Å². The third-order valence-electron chi connectivity index (χ3n) is 3.42. The van der Waals surface area contributed by atoms with Crippen molar-refractivity contribution in [3.63, 3.8) is 0 Å². The Bertz CT molecular complexity index is 792. The summed E-state index contributed by atoms with van der Waals surface area (Å²) in [5, 5.41) is 12.4. The molecule has 0 saturated carbocycles. The maximum Gasteiger partial charge on any atom is 0.238 e. The number of benzene rings is 2. The second kappa shape index (κ2) is 7.47. The fraction of sp³-hybridized carbons (Fsp3) is 0.118. The van der Waals surface area contributed by atoms with Gasteiger partial charge in [0, 0.05) is 5.69 Å². The summed E-state index contributed by atoms with van der Waals surface area (Å²) in [6, 6.07) is 15.1. The van der Waals surface area contributed by atoms with Crippen molar-refractivity contribution in [3.8, 4) is 0 Å². The summed E-state index contributed by atoms with van der Waals surface area (Å²) in [5.74, 6) is -0.0645. The molecule has 1 atom stereocenters. The molecule has 6 nitrogen and oxygen atoms in total. The van der Waals surface area contributed by atoms with Crippen LogP contribution in [0.2, 0.25) is 0 Å². The first-order valence-corrected chi connectivity index (χ1v) is 7.41. The molecule has 0 bridgehead atoms. The van der Waals surface area contributed by atoms with Crippen molar-refractivity contribution in [1.29, 1.82) is 0 Å². The van der Waals surface area contributed by atoms with Gasteiger partial charge >= 0.3 is 0 Å². The highest BCUT2D eigenvalue weighted by atomic mass is 19.1. The van der Waals surface area contributed by atoms with Crippen LogP contribution in [0.5, 0.6) is 0 Å². The van der Waals surface area contributed by atoms with E-state index in [4.69, 9.17) is 0 Å². The van der Waals surface area contributed by atoms with Crippen molar-refractivity contribution in [1.82, 2.24) is 20.5 Å². The normalized spacial score (nSPS) is 11.9. The molecule has 0 fully saturated rings. The quantitative estimate of drug-likeness (QED) is 0.649.